The maximum absolute atomic E-state index is 12.0. The van der Waals surface area contributed by atoms with Crippen LogP contribution in [0, 0.1) is 0 Å². The predicted molar refractivity (Wildman–Crippen MR) is 90.8 cm³/mol. The molecule has 0 aliphatic rings. The number of sulfonamides is 1. The van der Waals surface area contributed by atoms with Crippen molar-refractivity contribution >= 4 is 97.3 Å². The molecular formula is C9H5Cl6NO2S2. The van der Waals surface area contributed by atoms with E-state index in [-0.39, 0.29) is 19.6 Å². The van der Waals surface area contributed by atoms with Gasteiger partial charge >= 0.3 is 0 Å². The van der Waals surface area contributed by atoms with Gasteiger partial charge in [0.15, 0.2) is 0 Å². The lowest BCUT2D eigenvalue weighted by Gasteiger charge is -2.22. The van der Waals surface area contributed by atoms with E-state index in [1.165, 1.54) is 18.2 Å². The molecule has 20 heavy (non-hydrogen) atoms. The van der Waals surface area contributed by atoms with E-state index in [1.807, 2.05) is 0 Å². The summed E-state index contributed by atoms with van der Waals surface area (Å²) in [5.74, 6) is 0. The maximum Gasteiger partial charge on any atom is 0.259 e. The highest BCUT2D eigenvalue weighted by molar-refractivity contribution is 8.17. The molecule has 1 aromatic rings. The van der Waals surface area contributed by atoms with Gasteiger partial charge in [0.1, 0.15) is 14.1 Å². The molecule has 1 rings (SSSR count). The molecule has 0 fully saturated rings. The van der Waals surface area contributed by atoms with Gasteiger partial charge in [-0.15, -0.1) is 11.6 Å². The summed E-state index contributed by atoms with van der Waals surface area (Å²) < 4.78 is 24.4. The Labute approximate surface area is 150 Å². The van der Waals surface area contributed by atoms with Crippen LogP contribution in [0.5, 0.6) is 0 Å². The van der Waals surface area contributed by atoms with E-state index in [2.05, 4.69) is 0 Å². The van der Waals surface area contributed by atoms with E-state index in [9.17, 15) is 8.42 Å². The summed E-state index contributed by atoms with van der Waals surface area (Å²) in [6.07, 6.45) is 0. The number of anilines is 1. The molecule has 0 saturated heterocycles. The molecule has 0 saturated carbocycles. The molecule has 0 aliphatic heterocycles. The van der Waals surface area contributed by atoms with Gasteiger partial charge in [0.25, 0.3) is 10.0 Å². The van der Waals surface area contributed by atoms with Gasteiger partial charge in [0.2, 0.25) is 0 Å². The number of hydrogen-bond donors (Lipinski definition) is 0. The van der Waals surface area contributed by atoms with Crippen molar-refractivity contribution in [2.75, 3.05) is 8.92 Å². The number of alkyl halides is 1. The molecule has 0 bridgehead atoms. The molecule has 3 nitrogen and oxygen atoms in total. The van der Waals surface area contributed by atoms with Crippen LogP contribution in [0.3, 0.4) is 0 Å². The Hall–Kier alpha value is 0.800. The summed E-state index contributed by atoms with van der Waals surface area (Å²) in [7, 11) is -3.88. The molecule has 0 unspecified atom stereocenters. The fourth-order valence-electron chi connectivity index (χ4n) is 1.04. The standard InChI is InChI=1S/C9H5Cl6NO2S2/c10-4-20(17,18)16(19-9(15)8(13)14)7-2-1-5(11)3-6(7)12/h1-3H,4H2. The van der Waals surface area contributed by atoms with Gasteiger partial charge in [-0.25, -0.2) is 12.1 Å². The number of benzene rings is 1. The second kappa shape index (κ2) is 7.88. The molecule has 0 radical (unpaired) electrons. The minimum Gasteiger partial charge on any atom is -0.204 e. The molecule has 0 aromatic heterocycles. The molecule has 0 aliphatic carbocycles. The van der Waals surface area contributed by atoms with Crippen LogP contribution in [-0.2, 0) is 10.0 Å². The smallest absolute Gasteiger partial charge is 0.204 e. The van der Waals surface area contributed by atoms with Gasteiger partial charge in [-0.05, 0) is 18.2 Å². The second-order valence-corrected chi connectivity index (χ2v) is 9.15. The monoisotopic (exact) mass is 433 g/mol. The summed E-state index contributed by atoms with van der Waals surface area (Å²) in [5.41, 5.74) is 0.134. The first kappa shape index (κ1) is 18.8. The number of halogens is 6. The fourth-order valence-corrected chi connectivity index (χ4v) is 4.49. The summed E-state index contributed by atoms with van der Waals surface area (Å²) in [5, 5.41) is -0.221. The average Bonchev–Trinajstić information content (AvgIpc) is 2.36. The third kappa shape index (κ3) is 4.92. The van der Waals surface area contributed by atoms with Gasteiger partial charge in [0.05, 0.1) is 10.7 Å². The van der Waals surface area contributed by atoms with Crippen LogP contribution in [0.15, 0.2) is 27.1 Å². The molecule has 11 heteroatoms. The minimum atomic E-state index is -3.88. The third-order valence-electron chi connectivity index (χ3n) is 1.81. The number of hydrogen-bond acceptors (Lipinski definition) is 3. The zero-order valence-corrected chi connectivity index (χ0v) is 15.5. The van der Waals surface area contributed by atoms with Crippen LogP contribution in [0.25, 0.3) is 0 Å². The number of nitrogens with zero attached hydrogens (tertiary/aromatic N) is 1. The molecule has 0 heterocycles. The van der Waals surface area contributed by atoms with Gasteiger partial charge in [0, 0.05) is 17.0 Å². The van der Waals surface area contributed by atoms with E-state index in [4.69, 9.17) is 69.6 Å². The minimum absolute atomic E-state index is 0.105. The highest BCUT2D eigenvalue weighted by atomic mass is 35.5. The zero-order chi connectivity index (χ0) is 15.5. The van der Waals surface area contributed by atoms with Crippen molar-refractivity contribution in [3.63, 3.8) is 0 Å². The normalized spacial score (nSPS) is 11.3. The van der Waals surface area contributed by atoms with Gasteiger partial charge in [-0.3, -0.25) is 0 Å². The van der Waals surface area contributed by atoms with Crippen LogP contribution < -0.4 is 3.71 Å². The van der Waals surface area contributed by atoms with Crippen molar-refractivity contribution < 1.29 is 8.42 Å². The van der Waals surface area contributed by atoms with E-state index in [0.29, 0.717) is 17.0 Å². The topological polar surface area (TPSA) is 37.4 Å². The highest BCUT2D eigenvalue weighted by Gasteiger charge is 2.26. The van der Waals surface area contributed by atoms with Crippen LogP contribution in [-0.4, -0.2) is 13.6 Å². The second-order valence-electron chi connectivity index (χ2n) is 3.17. The Morgan fingerprint density at radius 2 is 1.80 bits per heavy atom. The molecule has 112 valence electrons. The fraction of sp³-hybridized carbons (Fsp3) is 0.111. The summed E-state index contributed by atoms with van der Waals surface area (Å²) in [6, 6.07) is 4.27. The lowest BCUT2D eigenvalue weighted by Crippen LogP contribution is -2.25. The quantitative estimate of drug-likeness (QED) is 0.432. The summed E-state index contributed by atoms with van der Waals surface area (Å²) in [4.78, 5) is 0. The highest BCUT2D eigenvalue weighted by Crippen LogP contribution is 2.40. The molecule has 0 spiro atoms. The number of rotatable bonds is 5. The van der Waals surface area contributed by atoms with Crippen molar-refractivity contribution in [2.24, 2.45) is 0 Å². The van der Waals surface area contributed by atoms with Crippen LogP contribution in [0.4, 0.5) is 5.69 Å². The largest absolute Gasteiger partial charge is 0.259 e. The zero-order valence-electron chi connectivity index (χ0n) is 9.29. The molecule has 0 N–H and O–H groups in total. The van der Waals surface area contributed by atoms with Crippen molar-refractivity contribution in [3.05, 3.63) is 37.1 Å². The van der Waals surface area contributed by atoms with Crippen molar-refractivity contribution in [2.45, 2.75) is 0 Å². The van der Waals surface area contributed by atoms with Crippen molar-refractivity contribution in [1.29, 1.82) is 0 Å². The van der Waals surface area contributed by atoms with E-state index in [1.54, 1.807) is 0 Å². The summed E-state index contributed by atoms with van der Waals surface area (Å²) >= 11 is 34.5. The SMILES string of the molecule is O=S(=O)(CCl)N(SC(Cl)=C(Cl)Cl)c1ccc(Cl)cc1Cl. The van der Waals surface area contributed by atoms with E-state index >= 15 is 0 Å². The van der Waals surface area contributed by atoms with Crippen molar-refractivity contribution in [1.82, 2.24) is 0 Å². The molecule has 0 amide bonds. The maximum atomic E-state index is 12.0. The van der Waals surface area contributed by atoms with Crippen LogP contribution in [0.1, 0.15) is 0 Å². The van der Waals surface area contributed by atoms with E-state index in [0.717, 1.165) is 3.71 Å². The lowest BCUT2D eigenvalue weighted by atomic mass is 10.3. The molecular weight excluding hydrogens is 431 g/mol. The molecule has 0 atom stereocenters. The molecule has 1 aromatic carbocycles. The Bertz CT molecular complexity index is 629. The first-order chi connectivity index (χ1) is 9.19. The Balaban J connectivity index is 3.35. The van der Waals surface area contributed by atoms with Crippen molar-refractivity contribution in [3.8, 4) is 0 Å². The van der Waals surface area contributed by atoms with Gasteiger partial charge < -0.3 is 0 Å². The average molecular weight is 436 g/mol. The summed E-state index contributed by atoms with van der Waals surface area (Å²) in [6.45, 7) is 0. The first-order valence-corrected chi connectivity index (χ1v) is 9.42. The van der Waals surface area contributed by atoms with Gasteiger partial charge in [-0.2, -0.15) is 0 Å². The Morgan fingerprint density at radius 1 is 1.20 bits per heavy atom. The van der Waals surface area contributed by atoms with Crippen LogP contribution in [0.2, 0.25) is 10.0 Å². The van der Waals surface area contributed by atoms with E-state index < -0.39 is 15.2 Å². The Morgan fingerprint density at radius 3 is 2.25 bits per heavy atom. The lowest BCUT2D eigenvalue weighted by molar-refractivity contribution is 0.603. The third-order valence-corrected chi connectivity index (χ3v) is 6.97. The first-order valence-electron chi connectivity index (χ1n) is 4.62. The van der Waals surface area contributed by atoms with Gasteiger partial charge in [-0.1, -0.05) is 58.0 Å². The van der Waals surface area contributed by atoms with Crippen LogP contribution >= 0.6 is 81.6 Å². The Kier molecular flexibility index (Phi) is 7.43. The predicted octanol–water partition coefficient (Wildman–Crippen LogP) is 5.82.